The van der Waals surface area contributed by atoms with Gasteiger partial charge < -0.3 is 18.6 Å². The molecule has 7 nitrogen and oxygen atoms in total. The number of rotatable bonds is 8. The molecule has 5 atom stereocenters. The van der Waals surface area contributed by atoms with Crippen LogP contribution in [0.3, 0.4) is 0 Å². The highest BCUT2D eigenvalue weighted by molar-refractivity contribution is 7.86. The summed E-state index contributed by atoms with van der Waals surface area (Å²) in [5.74, 6) is 0. The van der Waals surface area contributed by atoms with E-state index in [0.717, 1.165) is 6.26 Å². The number of hydrogen-bond acceptors (Lipinski definition) is 7. The van der Waals surface area contributed by atoms with Crippen LogP contribution in [-0.4, -0.2) is 67.4 Å². The number of benzene rings is 2. The number of ether oxygens (including phenoxy) is 3. The third-order valence-corrected chi connectivity index (χ3v) is 11.8. The molecule has 180 valence electrons. The lowest BCUT2D eigenvalue weighted by molar-refractivity contribution is -0.215. The van der Waals surface area contributed by atoms with Gasteiger partial charge in [0.25, 0.3) is 18.4 Å². The molecule has 2 aromatic carbocycles. The molecule has 9 heteroatoms. The first-order chi connectivity index (χ1) is 15.6. The molecule has 2 saturated heterocycles. The second-order valence-corrected chi connectivity index (χ2v) is 15.5. The highest BCUT2D eigenvalue weighted by Gasteiger charge is 2.60. The molecule has 2 fully saturated rings. The van der Waals surface area contributed by atoms with E-state index in [1.54, 1.807) is 0 Å². The Morgan fingerprint density at radius 1 is 0.909 bits per heavy atom. The van der Waals surface area contributed by atoms with Gasteiger partial charge in [-0.05, 0) is 15.4 Å². The van der Waals surface area contributed by atoms with E-state index in [1.807, 2.05) is 36.4 Å². The van der Waals surface area contributed by atoms with Crippen molar-refractivity contribution in [3.05, 3.63) is 60.7 Å². The van der Waals surface area contributed by atoms with Crippen molar-refractivity contribution in [2.24, 2.45) is 0 Å². The molecule has 2 heterocycles. The largest absolute Gasteiger partial charge is 0.405 e. The summed E-state index contributed by atoms with van der Waals surface area (Å²) in [6.45, 7) is 6.93. The van der Waals surface area contributed by atoms with Gasteiger partial charge in [0.05, 0.1) is 12.9 Å². The molecule has 2 aliphatic rings. The molecule has 0 unspecified atom stereocenters. The van der Waals surface area contributed by atoms with Gasteiger partial charge in [-0.2, -0.15) is 8.42 Å². The van der Waals surface area contributed by atoms with Crippen LogP contribution in [0.4, 0.5) is 0 Å². The Balaban J connectivity index is 1.63. The van der Waals surface area contributed by atoms with Crippen molar-refractivity contribution in [2.45, 2.75) is 56.5 Å². The van der Waals surface area contributed by atoms with Crippen molar-refractivity contribution in [3.8, 4) is 0 Å². The van der Waals surface area contributed by atoms with Gasteiger partial charge in [0.1, 0.15) is 18.3 Å². The van der Waals surface area contributed by atoms with Crippen LogP contribution in [-0.2, 0) is 32.9 Å². The Morgan fingerprint density at radius 3 is 1.91 bits per heavy atom. The van der Waals surface area contributed by atoms with Crippen LogP contribution in [0.5, 0.6) is 0 Å². The van der Waals surface area contributed by atoms with E-state index in [9.17, 15) is 8.42 Å². The first-order valence-corrected chi connectivity index (χ1v) is 14.8. The Hall–Kier alpha value is -1.59. The standard InChI is InChI=1S/C24H32O7SSi/c1-24(2,3)33(17-12-8-6-9-13-17,18-14-10-7-11-15-18)28-16-19-20-21(30-20)22(23(27-4)29-19)31-32(5,25)26/h6-15,19-23H,16H2,1-5H3/t19-,20-,21+,22-,23+/m1/s1. The monoisotopic (exact) mass is 492 g/mol. The zero-order valence-electron chi connectivity index (χ0n) is 19.6. The quantitative estimate of drug-likeness (QED) is 0.317. The fraction of sp³-hybridized carbons (Fsp3) is 0.500. The predicted molar refractivity (Wildman–Crippen MR) is 128 cm³/mol. The zero-order chi connectivity index (χ0) is 23.9. The molecule has 0 N–H and O–H groups in total. The Bertz CT molecular complexity index is 1000. The minimum atomic E-state index is -3.68. The number of hydrogen-bond donors (Lipinski definition) is 0. The number of methoxy groups -OCH3 is 1. The highest BCUT2D eigenvalue weighted by Crippen LogP contribution is 2.42. The Morgan fingerprint density at radius 2 is 1.45 bits per heavy atom. The highest BCUT2D eigenvalue weighted by atomic mass is 32.2. The molecular formula is C24H32O7SSi. The van der Waals surface area contributed by atoms with E-state index in [2.05, 4.69) is 45.0 Å². The van der Waals surface area contributed by atoms with Gasteiger partial charge in [-0.3, -0.25) is 4.18 Å². The van der Waals surface area contributed by atoms with E-state index >= 15 is 0 Å². The summed E-state index contributed by atoms with van der Waals surface area (Å²) in [7, 11) is -4.95. The maximum atomic E-state index is 11.7. The summed E-state index contributed by atoms with van der Waals surface area (Å²) < 4.78 is 52.8. The third-order valence-electron chi connectivity index (χ3n) is 6.23. The molecule has 0 spiro atoms. The lowest BCUT2D eigenvalue weighted by Crippen LogP contribution is -2.67. The molecule has 2 aromatic rings. The SMILES string of the molecule is CO[C@H]1O[C@H](CO[Si](c2ccccc2)(c2ccccc2)C(C)(C)C)[C@H]2O[C@@H]2[C@H]1OS(C)(=O)=O. The summed E-state index contributed by atoms with van der Waals surface area (Å²) >= 11 is 0. The lowest BCUT2D eigenvalue weighted by Gasteiger charge is -2.44. The summed E-state index contributed by atoms with van der Waals surface area (Å²) in [4.78, 5) is 0. The first kappa shape index (κ1) is 24.5. The van der Waals surface area contributed by atoms with Crippen LogP contribution < -0.4 is 10.4 Å². The van der Waals surface area contributed by atoms with Gasteiger partial charge in [0, 0.05) is 7.11 Å². The minimum Gasteiger partial charge on any atom is -0.405 e. The van der Waals surface area contributed by atoms with Crippen LogP contribution in [0.2, 0.25) is 5.04 Å². The minimum absolute atomic E-state index is 0.170. The second kappa shape index (κ2) is 9.22. The fourth-order valence-corrected chi connectivity index (χ4v) is 9.95. The summed E-state index contributed by atoms with van der Waals surface area (Å²) in [5.41, 5.74) is 0. The van der Waals surface area contributed by atoms with Crippen LogP contribution >= 0.6 is 0 Å². The van der Waals surface area contributed by atoms with Crippen molar-refractivity contribution < 1.29 is 31.2 Å². The summed E-state index contributed by atoms with van der Waals surface area (Å²) in [6.07, 6.45) is -1.81. The van der Waals surface area contributed by atoms with Gasteiger partial charge in [-0.1, -0.05) is 81.4 Å². The third kappa shape index (κ3) is 4.95. The predicted octanol–water partition coefficient (Wildman–Crippen LogP) is 2.05. The van der Waals surface area contributed by atoms with Crippen molar-refractivity contribution in [1.29, 1.82) is 0 Å². The molecule has 2 aliphatic heterocycles. The summed E-state index contributed by atoms with van der Waals surface area (Å²) in [5, 5.41) is 2.18. The molecule has 4 rings (SSSR count). The average molecular weight is 493 g/mol. The normalized spacial score (nSPS) is 27.7. The Kier molecular flexibility index (Phi) is 6.85. The summed E-state index contributed by atoms with van der Waals surface area (Å²) in [6, 6.07) is 20.7. The van der Waals surface area contributed by atoms with Crippen molar-refractivity contribution in [3.63, 3.8) is 0 Å². The smallest absolute Gasteiger partial charge is 0.264 e. The van der Waals surface area contributed by atoms with Gasteiger partial charge in [0.15, 0.2) is 12.4 Å². The van der Waals surface area contributed by atoms with Gasteiger partial charge >= 0.3 is 0 Å². The molecule has 0 radical (unpaired) electrons. The maximum Gasteiger partial charge on any atom is 0.264 e. The lowest BCUT2D eigenvalue weighted by atomic mass is 10.1. The number of fused-ring (bicyclic) bond motifs is 1. The van der Waals surface area contributed by atoms with E-state index in [1.165, 1.54) is 17.5 Å². The van der Waals surface area contributed by atoms with Crippen LogP contribution in [0.25, 0.3) is 0 Å². The number of epoxide rings is 1. The average Bonchev–Trinajstić information content (AvgIpc) is 3.56. The van der Waals surface area contributed by atoms with Crippen molar-refractivity contribution in [2.75, 3.05) is 20.0 Å². The van der Waals surface area contributed by atoms with E-state index in [4.69, 9.17) is 22.8 Å². The van der Waals surface area contributed by atoms with Gasteiger partial charge in [-0.25, -0.2) is 0 Å². The molecular weight excluding hydrogens is 460 g/mol. The molecule has 0 saturated carbocycles. The van der Waals surface area contributed by atoms with E-state index in [0.29, 0.717) is 6.61 Å². The van der Waals surface area contributed by atoms with Crippen LogP contribution in [0.1, 0.15) is 20.8 Å². The maximum absolute atomic E-state index is 11.7. The molecule has 0 aromatic heterocycles. The van der Waals surface area contributed by atoms with E-state index in [-0.39, 0.29) is 11.1 Å². The topological polar surface area (TPSA) is 83.6 Å². The van der Waals surface area contributed by atoms with Gasteiger partial charge in [-0.15, -0.1) is 0 Å². The van der Waals surface area contributed by atoms with Gasteiger partial charge in [0.2, 0.25) is 0 Å². The molecule has 33 heavy (non-hydrogen) atoms. The Labute approximate surface area is 197 Å². The van der Waals surface area contributed by atoms with Crippen LogP contribution in [0, 0.1) is 0 Å². The molecule has 0 aliphatic carbocycles. The van der Waals surface area contributed by atoms with E-state index < -0.39 is 43.0 Å². The first-order valence-electron chi connectivity index (χ1n) is 11.0. The second-order valence-electron chi connectivity index (χ2n) is 9.58. The van der Waals surface area contributed by atoms with Crippen LogP contribution in [0.15, 0.2) is 60.7 Å². The zero-order valence-corrected chi connectivity index (χ0v) is 21.4. The molecule has 0 amide bonds. The fourth-order valence-electron chi connectivity index (χ4n) is 4.78. The van der Waals surface area contributed by atoms with Crippen molar-refractivity contribution >= 4 is 28.8 Å². The van der Waals surface area contributed by atoms with Crippen molar-refractivity contribution in [1.82, 2.24) is 0 Å². The molecule has 0 bridgehead atoms.